The smallest absolute Gasteiger partial charge is 0.236 e. The number of piperazine rings is 1. The van der Waals surface area contributed by atoms with Crippen molar-refractivity contribution in [1.29, 1.82) is 0 Å². The third-order valence-corrected chi connectivity index (χ3v) is 7.40. The Kier molecular flexibility index (Phi) is 6.25. The molecule has 6 heteroatoms. The highest BCUT2D eigenvalue weighted by molar-refractivity contribution is 7.10. The second-order valence-electron chi connectivity index (χ2n) is 8.46. The van der Waals surface area contributed by atoms with E-state index in [4.69, 9.17) is 0 Å². The van der Waals surface area contributed by atoms with Crippen molar-refractivity contribution in [3.63, 3.8) is 0 Å². The molecule has 4 rings (SSSR count). The van der Waals surface area contributed by atoms with Gasteiger partial charge in [0, 0.05) is 43.5 Å². The van der Waals surface area contributed by atoms with Crippen molar-refractivity contribution in [1.82, 2.24) is 14.7 Å². The monoisotopic (exact) mass is 425 g/mol. The molecular formula is C24H31N3O2S. The molecule has 1 aromatic carbocycles. The van der Waals surface area contributed by atoms with Crippen LogP contribution in [0.2, 0.25) is 0 Å². The first-order valence-corrected chi connectivity index (χ1v) is 11.8. The molecule has 0 spiro atoms. The Morgan fingerprint density at radius 2 is 1.83 bits per heavy atom. The van der Waals surface area contributed by atoms with Crippen LogP contribution in [-0.4, -0.2) is 65.3 Å². The van der Waals surface area contributed by atoms with Gasteiger partial charge in [-0.2, -0.15) is 0 Å². The summed E-state index contributed by atoms with van der Waals surface area (Å²) in [6, 6.07) is 11.1. The van der Waals surface area contributed by atoms with E-state index in [1.165, 1.54) is 21.6 Å². The molecule has 160 valence electrons. The van der Waals surface area contributed by atoms with Crippen molar-refractivity contribution in [2.45, 2.75) is 45.7 Å². The van der Waals surface area contributed by atoms with Gasteiger partial charge in [0.05, 0.1) is 12.6 Å². The number of rotatable bonds is 4. The molecule has 0 radical (unpaired) electrons. The summed E-state index contributed by atoms with van der Waals surface area (Å²) >= 11 is 1.82. The van der Waals surface area contributed by atoms with Crippen LogP contribution in [-0.2, 0) is 16.0 Å². The number of hydrogen-bond donors (Lipinski definition) is 0. The number of carbonyl (C=O) groups excluding carboxylic acids is 2. The van der Waals surface area contributed by atoms with Gasteiger partial charge in [0.25, 0.3) is 0 Å². The average Bonchev–Trinajstić information content (AvgIpc) is 3.22. The largest absolute Gasteiger partial charge is 0.338 e. The van der Waals surface area contributed by atoms with E-state index in [9.17, 15) is 9.59 Å². The number of aryl methyl sites for hydroxylation is 1. The standard InChI is InChI=1S/C24H31N3O2S/c1-4-22(28)27-13-12-25(15-18(27)3)23(29)16-26-11-9-21-20(10-14-30-21)24(26)19-7-5-17(2)6-8-19/h5-8,10,14,18,24H,4,9,11-13,15-16H2,1-3H3/t18-,24+/m1/s1. The molecule has 2 amide bonds. The number of thiophene rings is 1. The number of carbonyl (C=O) groups is 2. The van der Waals surface area contributed by atoms with Gasteiger partial charge in [-0.05, 0) is 42.8 Å². The number of hydrogen-bond acceptors (Lipinski definition) is 4. The molecule has 2 aliphatic rings. The zero-order valence-corrected chi connectivity index (χ0v) is 19.0. The normalized spacial score (nSPS) is 22.1. The summed E-state index contributed by atoms with van der Waals surface area (Å²) < 4.78 is 0. The Hall–Kier alpha value is -2.18. The van der Waals surface area contributed by atoms with Crippen molar-refractivity contribution < 1.29 is 9.59 Å². The maximum atomic E-state index is 13.2. The fourth-order valence-corrected chi connectivity index (χ4v) is 5.61. The lowest BCUT2D eigenvalue weighted by molar-refractivity contribution is -0.143. The molecule has 3 heterocycles. The van der Waals surface area contributed by atoms with Gasteiger partial charge < -0.3 is 9.80 Å². The predicted octanol–water partition coefficient (Wildman–Crippen LogP) is 3.47. The third kappa shape index (κ3) is 4.16. The molecule has 30 heavy (non-hydrogen) atoms. The van der Waals surface area contributed by atoms with Crippen LogP contribution < -0.4 is 0 Å². The minimum absolute atomic E-state index is 0.0767. The number of amides is 2. The summed E-state index contributed by atoms with van der Waals surface area (Å²) in [5, 5.41) is 2.17. The van der Waals surface area contributed by atoms with Gasteiger partial charge in [0.1, 0.15) is 0 Å². The van der Waals surface area contributed by atoms with Gasteiger partial charge in [-0.25, -0.2) is 0 Å². The van der Waals surface area contributed by atoms with E-state index in [1.54, 1.807) is 0 Å². The van der Waals surface area contributed by atoms with E-state index in [2.05, 4.69) is 47.5 Å². The summed E-state index contributed by atoms with van der Waals surface area (Å²) in [4.78, 5) is 32.9. The van der Waals surface area contributed by atoms with Gasteiger partial charge in [0.15, 0.2) is 0 Å². The Labute approximate surface area is 183 Å². The maximum absolute atomic E-state index is 13.2. The van der Waals surface area contributed by atoms with E-state index in [1.807, 2.05) is 35.0 Å². The van der Waals surface area contributed by atoms with Crippen LogP contribution >= 0.6 is 11.3 Å². The van der Waals surface area contributed by atoms with Gasteiger partial charge in [-0.3, -0.25) is 14.5 Å². The van der Waals surface area contributed by atoms with Gasteiger partial charge in [-0.15, -0.1) is 11.3 Å². The molecule has 1 aromatic heterocycles. The number of nitrogens with zero attached hydrogens (tertiary/aromatic N) is 3. The van der Waals surface area contributed by atoms with Crippen LogP contribution in [0.5, 0.6) is 0 Å². The molecule has 1 saturated heterocycles. The minimum atomic E-state index is 0.0767. The van der Waals surface area contributed by atoms with E-state index in [-0.39, 0.29) is 23.9 Å². The van der Waals surface area contributed by atoms with Crippen LogP contribution in [0.1, 0.15) is 47.9 Å². The molecular weight excluding hydrogens is 394 g/mol. The second-order valence-corrected chi connectivity index (χ2v) is 9.46. The molecule has 5 nitrogen and oxygen atoms in total. The van der Waals surface area contributed by atoms with Crippen LogP contribution in [0.3, 0.4) is 0 Å². The highest BCUT2D eigenvalue weighted by Gasteiger charge is 2.34. The fourth-order valence-electron chi connectivity index (χ4n) is 4.71. The van der Waals surface area contributed by atoms with Gasteiger partial charge in [0.2, 0.25) is 11.8 Å². The lowest BCUT2D eigenvalue weighted by Gasteiger charge is -2.42. The quantitative estimate of drug-likeness (QED) is 0.753. The lowest BCUT2D eigenvalue weighted by Crippen LogP contribution is -2.57. The van der Waals surface area contributed by atoms with Crippen molar-refractivity contribution in [2.75, 3.05) is 32.7 Å². The van der Waals surface area contributed by atoms with E-state index in [0.29, 0.717) is 32.6 Å². The van der Waals surface area contributed by atoms with Crippen molar-refractivity contribution in [3.8, 4) is 0 Å². The summed E-state index contributed by atoms with van der Waals surface area (Å²) in [5.74, 6) is 0.344. The van der Waals surface area contributed by atoms with Crippen LogP contribution in [0.15, 0.2) is 35.7 Å². The first-order chi connectivity index (χ1) is 14.5. The van der Waals surface area contributed by atoms with Crippen LogP contribution in [0.4, 0.5) is 0 Å². The van der Waals surface area contributed by atoms with Crippen molar-refractivity contribution in [3.05, 3.63) is 57.3 Å². The lowest BCUT2D eigenvalue weighted by atomic mass is 9.92. The zero-order valence-electron chi connectivity index (χ0n) is 18.1. The molecule has 2 aliphatic heterocycles. The number of benzene rings is 1. The van der Waals surface area contributed by atoms with Gasteiger partial charge >= 0.3 is 0 Å². The third-order valence-electron chi connectivity index (χ3n) is 6.40. The molecule has 1 fully saturated rings. The van der Waals surface area contributed by atoms with Crippen LogP contribution in [0.25, 0.3) is 0 Å². The minimum Gasteiger partial charge on any atom is -0.338 e. The second kappa shape index (κ2) is 8.90. The SMILES string of the molecule is CCC(=O)N1CCN(C(=O)CN2CCc3sccc3[C@@H]2c2ccc(C)cc2)C[C@H]1C. The summed E-state index contributed by atoms with van der Waals surface area (Å²) in [6.45, 7) is 9.23. The topological polar surface area (TPSA) is 43.9 Å². The molecule has 0 aliphatic carbocycles. The summed E-state index contributed by atoms with van der Waals surface area (Å²) in [6.07, 6.45) is 1.52. The summed E-state index contributed by atoms with van der Waals surface area (Å²) in [5.41, 5.74) is 3.84. The molecule has 0 N–H and O–H groups in total. The van der Waals surface area contributed by atoms with Crippen LogP contribution in [0, 0.1) is 6.92 Å². The summed E-state index contributed by atoms with van der Waals surface area (Å²) in [7, 11) is 0. The molecule has 0 bridgehead atoms. The van der Waals surface area contributed by atoms with Crippen molar-refractivity contribution in [2.24, 2.45) is 0 Å². The highest BCUT2D eigenvalue weighted by Crippen LogP contribution is 2.37. The molecule has 2 atom stereocenters. The Balaban J connectivity index is 1.50. The van der Waals surface area contributed by atoms with Gasteiger partial charge in [-0.1, -0.05) is 36.8 Å². The zero-order chi connectivity index (χ0) is 21.3. The highest BCUT2D eigenvalue weighted by atomic mass is 32.1. The Morgan fingerprint density at radius 3 is 2.53 bits per heavy atom. The van der Waals surface area contributed by atoms with E-state index in [0.717, 1.165) is 13.0 Å². The van der Waals surface area contributed by atoms with Crippen molar-refractivity contribution >= 4 is 23.2 Å². The molecule has 0 unspecified atom stereocenters. The number of fused-ring (bicyclic) bond motifs is 1. The predicted molar refractivity (Wildman–Crippen MR) is 121 cm³/mol. The first kappa shape index (κ1) is 21.1. The molecule has 0 saturated carbocycles. The maximum Gasteiger partial charge on any atom is 0.236 e. The molecule has 2 aromatic rings. The first-order valence-electron chi connectivity index (χ1n) is 10.9. The van der Waals surface area contributed by atoms with E-state index < -0.39 is 0 Å². The Bertz CT molecular complexity index is 907. The van der Waals surface area contributed by atoms with E-state index >= 15 is 0 Å². The fraction of sp³-hybridized carbons (Fsp3) is 0.500. The Morgan fingerprint density at radius 1 is 1.07 bits per heavy atom. The average molecular weight is 426 g/mol.